The van der Waals surface area contributed by atoms with Crippen LogP contribution in [0.15, 0.2) is 0 Å². The molecule has 0 unspecified atom stereocenters. The van der Waals surface area contributed by atoms with E-state index < -0.39 is 0 Å². The molecule has 0 aromatic rings. The van der Waals surface area contributed by atoms with Crippen LogP contribution >= 0.6 is 12.4 Å². The molecular weight excluding hydrogens is 298 g/mol. The summed E-state index contributed by atoms with van der Waals surface area (Å²) in [5.41, 5.74) is 0. The highest BCUT2D eigenvalue weighted by atomic mass is 35.5. The van der Waals surface area contributed by atoms with Crippen molar-refractivity contribution in [2.75, 3.05) is 46.3 Å². The van der Waals surface area contributed by atoms with E-state index in [0.717, 1.165) is 37.9 Å². The van der Waals surface area contributed by atoms with Crippen molar-refractivity contribution in [3.63, 3.8) is 0 Å². The Kier molecular flexibility index (Phi) is 9.37. The Morgan fingerprint density at radius 2 is 1.59 bits per heavy atom. The molecule has 2 saturated heterocycles. The van der Waals surface area contributed by atoms with Gasteiger partial charge in [-0.15, -0.1) is 12.4 Å². The van der Waals surface area contributed by atoms with Crippen molar-refractivity contribution in [3.05, 3.63) is 0 Å². The molecule has 5 heteroatoms. The average Bonchev–Trinajstić information content (AvgIpc) is 2.52. The fourth-order valence-corrected chi connectivity index (χ4v) is 3.73. The van der Waals surface area contributed by atoms with Crippen molar-refractivity contribution in [1.82, 2.24) is 15.1 Å². The first kappa shape index (κ1) is 19.7. The summed E-state index contributed by atoms with van der Waals surface area (Å²) in [5.74, 6) is 2.06. The summed E-state index contributed by atoms with van der Waals surface area (Å²) in [6.45, 7) is 8.14. The normalized spacial score (nSPS) is 21.6. The second-order valence-corrected chi connectivity index (χ2v) is 6.89. The van der Waals surface area contributed by atoms with Crippen molar-refractivity contribution < 1.29 is 4.79 Å². The van der Waals surface area contributed by atoms with E-state index in [1.165, 1.54) is 45.2 Å². The quantitative estimate of drug-likeness (QED) is 0.759. The van der Waals surface area contributed by atoms with Crippen LogP contribution in [0.2, 0.25) is 0 Å². The first-order chi connectivity index (χ1) is 10.2. The second kappa shape index (κ2) is 10.5. The Labute approximate surface area is 142 Å². The van der Waals surface area contributed by atoms with Crippen LogP contribution in [0.4, 0.5) is 0 Å². The molecule has 0 spiro atoms. The third-order valence-electron chi connectivity index (χ3n) is 5.31. The van der Waals surface area contributed by atoms with E-state index in [-0.39, 0.29) is 12.4 Å². The Morgan fingerprint density at radius 1 is 1.05 bits per heavy atom. The number of rotatable bonds is 6. The van der Waals surface area contributed by atoms with E-state index in [0.29, 0.717) is 12.5 Å². The Balaban J connectivity index is 0.00000242. The van der Waals surface area contributed by atoms with Crippen molar-refractivity contribution in [2.45, 2.75) is 45.4 Å². The van der Waals surface area contributed by atoms with Crippen molar-refractivity contribution in [1.29, 1.82) is 0 Å². The lowest BCUT2D eigenvalue weighted by atomic mass is 9.79. The predicted molar refractivity (Wildman–Crippen MR) is 94.6 cm³/mol. The number of nitrogens with one attached hydrogen (secondary N) is 1. The van der Waals surface area contributed by atoms with Crippen LogP contribution in [0.25, 0.3) is 0 Å². The number of piperidine rings is 2. The van der Waals surface area contributed by atoms with Gasteiger partial charge in [0.1, 0.15) is 0 Å². The summed E-state index contributed by atoms with van der Waals surface area (Å²) in [5, 5.41) is 3.27. The molecular formula is C17H34ClN3O. The van der Waals surface area contributed by atoms with Gasteiger partial charge in [0.05, 0.1) is 6.54 Å². The number of hydrogen-bond acceptors (Lipinski definition) is 3. The van der Waals surface area contributed by atoms with Gasteiger partial charge < -0.3 is 15.1 Å². The van der Waals surface area contributed by atoms with Gasteiger partial charge in [-0.3, -0.25) is 4.79 Å². The van der Waals surface area contributed by atoms with Gasteiger partial charge in [-0.2, -0.15) is 0 Å². The molecule has 130 valence electrons. The van der Waals surface area contributed by atoms with E-state index in [9.17, 15) is 4.79 Å². The Bertz CT molecular complexity index is 311. The smallest absolute Gasteiger partial charge is 0.236 e. The van der Waals surface area contributed by atoms with Crippen LogP contribution in [0.3, 0.4) is 0 Å². The molecule has 0 aromatic carbocycles. The first-order valence-corrected chi connectivity index (χ1v) is 8.87. The van der Waals surface area contributed by atoms with E-state index in [1.807, 2.05) is 0 Å². The molecule has 2 fully saturated rings. The lowest BCUT2D eigenvalue weighted by Crippen LogP contribution is -2.45. The summed E-state index contributed by atoms with van der Waals surface area (Å²) < 4.78 is 0. The number of likely N-dealkylation sites (tertiary alicyclic amines) is 2. The van der Waals surface area contributed by atoms with Gasteiger partial charge in [-0.1, -0.05) is 13.3 Å². The molecule has 2 rings (SSSR count). The zero-order valence-electron chi connectivity index (χ0n) is 14.4. The molecule has 0 radical (unpaired) electrons. The largest absolute Gasteiger partial charge is 0.342 e. The zero-order valence-corrected chi connectivity index (χ0v) is 15.2. The Hall–Kier alpha value is -0.320. The highest BCUT2D eigenvalue weighted by Crippen LogP contribution is 2.32. The summed E-state index contributed by atoms with van der Waals surface area (Å²) in [7, 11) is 2.23. The number of nitrogens with zero attached hydrogens (tertiary/aromatic N) is 2. The molecule has 4 nitrogen and oxygen atoms in total. The minimum Gasteiger partial charge on any atom is -0.342 e. The maximum atomic E-state index is 12.1. The molecule has 0 saturated carbocycles. The van der Waals surface area contributed by atoms with E-state index >= 15 is 0 Å². The molecule has 0 aromatic heterocycles. The van der Waals surface area contributed by atoms with E-state index in [2.05, 4.69) is 29.1 Å². The molecule has 0 bridgehead atoms. The molecule has 2 aliphatic rings. The van der Waals surface area contributed by atoms with Crippen molar-refractivity contribution in [2.24, 2.45) is 11.8 Å². The topological polar surface area (TPSA) is 35.6 Å². The minimum atomic E-state index is 0. The summed E-state index contributed by atoms with van der Waals surface area (Å²) in [6, 6.07) is 0. The first-order valence-electron chi connectivity index (χ1n) is 8.87. The van der Waals surface area contributed by atoms with Crippen LogP contribution < -0.4 is 5.32 Å². The summed E-state index contributed by atoms with van der Waals surface area (Å²) in [6.07, 6.45) is 7.49. The number of carbonyl (C=O) groups is 1. The van der Waals surface area contributed by atoms with Crippen LogP contribution in [0, 0.1) is 11.8 Å². The average molecular weight is 332 g/mol. The standard InChI is InChI=1S/C17H33N3O.ClH/c1-3-4-9-18-14-17(21)20-12-7-16(8-13-20)15-5-10-19(2)11-6-15;/h15-16,18H,3-14H2,1-2H3;1H. The molecule has 1 N–H and O–H groups in total. The fourth-order valence-electron chi connectivity index (χ4n) is 3.73. The van der Waals surface area contributed by atoms with Gasteiger partial charge in [-0.05, 0) is 70.6 Å². The van der Waals surface area contributed by atoms with Crippen molar-refractivity contribution in [3.8, 4) is 0 Å². The van der Waals surface area contributed by atoms with E-state index in [1.54, 1.807) is 0 Å². The van der Waals surface area contributed by atoms with Crippen LogP contribution in [-0.2, 0) is 4.79 Å². The lowest BCUT2D eigenvalue weighted by molar-refractivity contribution is -0.131. The van der Waals surface area contributed by atoms with E-state index in [4.69, 9.17) is 0 Å². The van der Waals surface area contributed by atoms with Gasteiger partial charge in [0.15, 0.2) is 0 Å². The van der Waals surface area contributed by atoms with Gasteiger partial charge >= 0.3 is 0 Å². The number of amides is 1. The monoisotopic (exact) mass is 331 g/mol. The lowest BCUT2D eigenvalue weighted by Gasteiger charge is -2.39. The molecule has 22 heavy (non-hydrogen) atoms. The Morgan fingerprint density at radius 3 is 2.14 bits per heavy atom. The molecule has 0 atom stereocenters. The fraction of sp³-hybridized carbons (Fsp3) is 0.941. The van der Waals surface area contributed by atoms with Crippen LogP contribution in [0.1, 0.15) is 45.4 Å². The molecule has 0 aliphatic carbocycles. The van der Waals surface area contributed by atoms with Gasteiger partial charge in [-0.25, -0.2) is 0 Å². The summed E-state index contributed by atoms with van der Waals surface area (Å²) >= 11 is 0. The third kappa shape index (κ3) is 6.05. The molecule has 1 amide bonds. The SMILES string of the molecule is CCCCNCC(=O)N1CCC(C2CCN(C)CC2)CC1.Cl. The molecule has 2 heterocycles. The minimum absolute atomic E-state index is 0. The maximum absolute atomic E-state index is 12.1. The summed E-state index contributed by atoms with van der Waals surface area (Å²) in [4.78, 5) is 16.7. The number of unbranched alkanes of at least 4 members (excludes halogenated alkanes) is 1. The van der Waals surface area contributed by atoms with Gasteiger partial charge in [0.25, 0.3) is 0 Å². The molecule has 2 aliphatic heterocycles. The number of hydrogen-bond donors (Lipinski definition) is 1. The third-order valence-corrected chi connectivity index (χ3v) is 5.31. The van der Waals surface area contributed by atoms with Crippen molar-refractivity contribution >= 4 is 18.3 Å². The highest BCUT2D eigenvalue weighted by Gasteiger charge is 2.29. The van der Waals surface area contributed by atoms with Crippen LogP contribution in [0.5, 0.6) is 0 Å². The predicted octanol–water partition coefficient (Wildman–Crippen LogP) is 2.38. The number of carbonyl (C=O) groups excluding carboxylic acids is 1. The second-order valence-electron chi connectivity index (χ2n) is 6.89. The maximum Gasteiger partial charge on any atom is 0.236 e. The number of halogens is 1. The van der Waals surface area contributed by atoms with Gasteiger partial charge in [0, 0.05) is 13.1 Å². The highest BCUT2D eigenvalue weighted by molar-refractivity contribution is 5.85. The van der Waals surface area contributed by atoms with Crippen LogP contribution in [-0.4, -0.2) is 62.0 Å². The van der Waals surface area contributed by atoms with Gasteiger partial charge in [0.2, 0.25) is 5.91 Å². The zero-order chi connectivity index (χ0) is 15.1.